The monoisotopic (exact) mass is 486 g/mol. The molecule has 2 aliphatic rings. The third-order valence-corrected chi connectivity index (χ3v) is 6.95. The van der Waals surface area contributed by atoms with Crippen LogP contribution in [0.4, 0.5) is 23.8 Å². The highest BCUT2D eigenvalue weighted by atomic mass is 19.4. The molecule has 4 rings (SSSR count). The molecule has 1 saturated carbocycles. The van der Waals surface area contributed by atoms with Crippen LogP contribution < -0.4 is 4.90 Å². The van der Waals surface area contributed by atoms with Crippen molar-refractivity contribution in [1.82, 2.24) is 14.5 Å². The van der Waals surface area contributed by atoms with Gasteiger partial charge in [0.05, 0.1) is 17.6 Å². The van der Waals surface area contributed by atoms with Gasteiger partial charge in [0.25, 0.3) is 0 Å². The van der Waals surface area contributed by atoms with Gasteiger partial charge in [0.1, 0.15) is 5.82 Å². The lowest BCUT2D eigenvalue weighted by Crippen LogP contribution is -2.40. The molecule has 2 aromatic heterocycles. The first-order valence-electron chi connectivity index (χ1n) is 11.8. The van der Waals surface area contributed by atoms with Crippen LogP contribution in [0.1, 0.15) is 56.5 Å². The van der Waals surface area contributed by atoms with Gasteiger partial charge in [-0.05, 0) is 55.7 Å². The minimum atomic E-state index is -4.69. The van der Waals surface area contributed by atoms with E-state index >= 15 is 0 Å². The molecule has 1 amide bonds. The van der Waals surface area contributed by atoms with Crippen LogP contribution in [0.15, 0.2) is 30.7 Å². The summed E-state index contributed by atoms with van der Waals surface area (Å²) in [6.45, 7) is 4.69. The van der Waals surface area contributed by atoms with Crippen molar-refractivity contribution in [2.24, 2.45) is 17.3 Å². The molecular formula is C26H29F3N4O2. The van der Waals surface area contributed by atoms with Crippen LogP contribution in [0, 0.1) is 29.1 Å². The summed E-state index contributed by atoms with van der Waals surface area (Å²) >= 11 is 0. The first-order chi connectivity index (χ1) is 16.6. The molecule has 0 saturated heterocycles. The van der Waals surface area contributed by atoms with E-state index in [1.54, 1.807) is 0 Å². The molecule has 0 aromatic carbocycles. The Kier molecular flexibility index (Phi) is 6.93. The van der Waals surface area contributed by atoms with Crippen molar-refractivity contribution in [3.05, 3.63) is 47.7 Å². The van der Waals surface area contributed by atoms with Crippen LogP contribution in [0.2, 0.25) is 0 Å². The van der Waals surface area contributed by atoms with E-state index in [1.807, 2.05) is 19.3 Å². The summed E-state index contributed by atoms with van der Waals surface area (Å²) in [4.78, 5) is 21.1. The molecule has 3 atom stereocenters. The van der Waals surface area contributed by atoms with E-state index < -0.39 is 23.7 Å². The van der Waals surface area contributed by atoms with Crippen molar-refractivity contribution in [2.45, 2.75) is 58.7 Å². The largest absolute Gasteiger partial charge is 0.465 e. The Morgan fingerprint density at radius 3 is 2.89 bits per heavy atom. The van der Waals surface area contributed by atoms with Crippen molar-refractivity contribution in [1.29, 1.82) is 0 Å². The van der Waals surface area contributed by atoms with Crippen LogP contribution in [0.25, 0.3) is 6.08 Å². The Hall–Kier alpha value is -3.28. The molecular weight excluding hydrogens is 457 g/mol. The van der Waals surface area contributed by atoms with Gasteiger partial charge in [0, 0.05) is 37.3 Å². The van der Waals surface area contributed by atoms with Crippen LogP contribution in [-0.4, -0.2) is 32.3 Å². The van der Waals surface area contributed by atoms with Crippen molar-refractivity contribution in [3.63, 3.8) is 0 Å². The number of carboxylic acid groups (broad SMARTS) is 1. The quantitative estimate of drug-likeness (QED) is 0.535. The van der Waals surface area contributed by atoms with E-state index in [0.717, 1.165) is 54.6 Å². The number of amides is 1. The summed E-state index contributed by atoms with van der Waals surface area (Å²) in [5.74, 6) is 5.69. The summed E-state index contributed by atoms with van der Waals surface area (Å²) < 4.78 is 42.7. The van der Waals surface area contributed by atoms with Gasteiger partial charge in [-0.15, -0.1) is 5.92 Å². The predicted molar refractivity (Wildman–Crippen MR) is 127 cm³/mol. The number of aromatic nitrogens is 3. The molecule has 186 valence electrons. The lowest BCUT2D eigenvalue weighted by molar-refractivity contribution is -0.137. The second-order valence-electron chi connectivity index (χ2n) is 9.81. The van der Waals surface area contributed by atoms with E-state index in [0.29, 0.717) is 6.42 Å². The summed E-state index contributed by atoms with van der Waals surface area (Å²) in [6.07, 6.45) is 5.08. The summed E-state index contributed by atoms with van der Waals surface area (Å²) in [5.41, 5.74) is 0.913. The van der Waals surface area contributed by atoms with Crippen molar-refractivity contribution < 1.29 is 23.1 Å². The Morgan fingerprint density at radius 1 is 1.37 bits per heavy atom. The van der Waals surface area contributed by atoms with Crippen molar-refractivity contribution in [3.8, 4) is 11.8 Å². The zero-order valence-electron chi connectivity index (χ0n) is 19.8. The van der Waals surface area contributed by atoms with Crippen molar-refractivity contribution >= 4 is 18.0 Å². The van der Waals surface area contributed by atoms with E-state index in [4.69, 9.17) is 0 Å². The molecule has 0 bridgehead atoms. The van der Waals surface area contributed by atoms with Gasteiger partial charge in [0.2, 0.25) is 0 Å². The summed E-state index contributed by atoms with van der Waals surface area (Å²) in [7, 11) is 0. The maximum atomic E-state index is 13.5. The standard InChI is InChI=1S/C26H29F3N4O2/c1-3-6-18-9-10-21-22(13-18)32(17-31-21)16-25(2)11-4-7-19(14-25)15-33(24(34)35)23-20(26(27,28)29)8-5-12-30-23/h5,8-10,12,17-19H,4,7,11,13-16H2,1-2H3,(H,34,35). The van der Waals surface area contributed by atoms with E-state index in [-0.39, 0.29) is 23.8 Å². The number of imidazole rings is 1. The third-order valence-electron chi connectivity index (χ3n) is 6.95. The Balaban J connectivity index is 1.52. The maximum absolute atomic E-state index is 13.5. The van der Waals surface area contributed by atoms with E-state index in [9.17, 15) is 23.1 Å². The highest BCUT2D eigenvalue weighted by Gasteiger charge is 2.39. The number of anilines is 1. The predicted octanol–water partition coefficient (Wildman–Crippen LogP) is 5.89. The van der Waals surface area contributed by atoms with Gasteiger partial charge in [-0.3, -0.25) is 4.90 Å². The number of rotatable bonds is 5. The Bertz CT molecular complexity index is 1180. The number of nitrogens with zero attached hydrogens (tertiary/aromatic N) is 4. The third kappa shape index (κ3) is 5.53. The van der Waals surface area contributed by atoms with Crippen LogP contribution >= 0.6 is 0 Å². The minimum Gasteiger partial charge on any atom is -0.465 e. The zero-order chi connectivity index (χ0) is 25.2. The van der Waals surface area contributed by atoms with Gasteiger partial charge in [-0.1, -0.05) is 25.3 Å². The number of pyridine rings is 1. The zero-order valence-corrected chi connectivity index (χ0v) is 19.8. The average molecular weight is 487 g/mol. The molecule has 3 unspecified atom stereocenters. The molecule has 2 heterocycles. The number of alkyl halides is 3. The number of fused-ring (bicyclic) bond motifs is 1. The molecule has 9 heteroatoms. The fourth-order valence-electron chi connectivity index (χ4n) is 5.46. The van der Waals surface area contributed by atoms with Gasteiger partial charge >= 0.3 is 12.3 Å². The van der Waals surface area contributed by atoms with Gasteiger partial charge in [0.15, 0.2) is 0 Å². The smallest absolute Gasteiger partial charge is 0.419 e. The topological polar surface area (TPSA) is 71.2 Å². The number of allylic oxidation sites excluding steroid dienone is 1. The van der Waals surface area contributed by atoms with Gasteiger partial charge in [-0.2, -0.15) is 13.2 Å². The molecule has 0 radical (unpaired) electrons. The molecule has 1 fully saturated rings. The van der Waals surface area contributed by atoms with Crippen LogP contribution in [0.5, 0.6) is 0 Å². The number of halogens is 3. The number of hydrogen-bond donors (Lipinski definition) is 1. The first kappa shape index (κ1) is 24.8. The number of carbonyl (C=O) groups is 1. The van der Waals surface area contributed by atoms with Gasteiger partial charge in [-0.25, -0.2) is 14.8 Å². The van der Waals surface area contributed by atoms with E-state index in [1.165, 1.54) is 12.3 Å². The molecule has 0 spiro atoms. The van der Waals surface area contributed by atoms with E-state index in [2.05, 4.69) is 39.4 Å². The molecule has 2 aliphatic carbocycles. The fraction of sp³-hybridized carbons (Fsp3) is 0.500. The van der Waals surface area contributed by atoms with Crippen LogP contribution in [-0.2, 0) is 19.1 Å². The fourth-order valence-corrected chi connectivity index (χ4v) is 5.46. The molecule has 35 heavy (non-hydrogen) atoms. The Morgan fingerprint density at radius 2 is 2.17 bits per heavy atom. The molecule has 0 aliphatic heterocycles. The maximum Gasteiger partial charge on any atom is 0.419 e. The number of hydrogen-bond acceptors (Lipinski definition) is 3. The Labute approximate surface area is 202 Å². The normalized spacial score (nSPS) is 23.8. The van der Waals surface area contributed by atoms with Crippen molar-refractivity contribution in [2.75, 3.05) is 11.4 Å². The minimum absolute atomic E-state index is 0.0239. The molecule has 1 N–H and O–H groups in total. The van der Waals surface area contributed by atoms with Gasteiger partial charge < -0.3 is 9.67 Å². The molecule has 6 nitrogen and oxygen atoms in total. The summed E-state index contributed by atoms with van der Waals surface area (Å²) in [5, 5.41) is 9.77. The first-order valence-corrected chi connectivity index (χ1v) is 11.8. The highest BCUT2D eigenvalue weighted by molar-refractivity contribution is 5.85. The second kappa shape index (κ2) is 9.76. The SMILES string of the molecule is CC#CC1C=Cc2ncn(CC3(C)CCCC(CN(C(=O)O)c4ncccc4C(F)(F)F)C3)c2C1. The average Bonchev–Trinajstić information content (AvgIpc) is 3.18. The highest BCUT2D eigenvalue weighted by Crippen LogP contribution is 2.42. The van der Waals surface area contributed by atoms with Crippen LogP contribution in [0.3, 0.4) is 0 Å². The lowest BCUT2D eigenvalue weighted by atomic mass is 9.70. The lowest BCUT2D eigenvalue weighted by Gasteiger charge is -2.40. The second-order valence-corrected chi connectivity index (χ2v) is 9.81. The summed E-state index contributed by atoms with van der Waals surface area (Å²) in [6, 6.07) is 2.04. The molecule has 2 aromatic rings.